The molecule has 1 saturated heterocycles. The average Bonchev–Trinajstić information content (AvgIpc) is 2.45. The third-order valence-corrected chi connectivity index (χ3v) is 3.53. The van der Waals surface area contributed by atoms with Crippen LogP contribution >= 0.6 is 0 Å². The van der Waals surface area contributed by atoms with Crippen molar-refractivity contribution in [1.82, 2.24) is 5.32 Å². The van der Waals surface area contributed by atoms with Gasteiger partial charge in [-0.15, -0.1) is 0 Å². The molecule has 0 unspecified atom stereocenters. The van der Waals surface area contributed by atoms with E-state index in [1.54, 1.807) is 24.3 Å². The van der Waals surface area contributed by atoms with Crippen molar-refractivity contribution in [2.24, 2.45) is 5.92 Å². The van der Waals surface area contributed by atoms with Crippen molar-refractivity contribution in [1.29, 1.82) is 0 Å². The number of carbonyl (C=O) groups excluding carboxylic acids is 2. The maximum absolute atomic E-state index is 12.0. The first-order valence-electron chi connectivity index (χ1n) is 7.45. The van der Waals surface area contributed by atoms with Gasteiger partial charge in [0.25, 0.3) is 0 Å². The van der Waals surface area contributed by atoms with Crippen LogP contribution in [0, 0.1) is 5.92 Å². The highest BCUT2D eigenvalue weighted by atomic mass is 16.5. The Labute approximate surface area is 125 Å². The number of nitrogens with one attached hydrogen (secondary N) is 2. The van der Waals surface area contributed by atoms with Crippen molar-refractivity contribution in [3.63, 3.8) is 0 Å². The fraction of sp³-hybridized carbons (Fsp3) is 0.500. The standard InChI is InChI=1S/C16H22N2O3/c1-3-4-5-11(2)16(20)17-12-6-8-13(9-7-12)21-15-10-14(19)18-15/h6-9,11,15H,3-5,10H2,1-2H3,(H,17,20)(H,18,19)/t11-,15-/m0/s1. The van der Waals surface area contributed by atoms with Crippen LogP contribution in [0.4, 0.5) is 5.69 Å². The summed E-state index contributed by atoms with van der Waals surface area (Å²) in [6.07, 6.45) is 3.24. The van der Waals surface area contributed by atoms with Crippen LogP contribution in [0.25, 0.3) is 0 Å². The molecule has 1 heterocycles. The zero-order chi connectivity index (χ0) is 15.2. The molecule has 2 N–H and O–H groups in total. The van der Waals surface area contributed by atoms with Crippen molar-refractivity contribution in [3.8, 4) is 5.75 Å². The minimum absolute atomic E-state index is 0.00458. The number of hydrogen-bond donors (Lipinski definition) is 2. The first kappa shape index (κ1) is 15.4. The molecule has 5 heteroatoms. The molecular weight excluding hydrogens is 268 g/mol. The van der Waals surface area contributed by atoms with E-state index in [2.05, 4.69) is 17.6 Å². The number of β-lactam (4-membered cyclic amide) rings is 1. The minimum atomic E-state index is -0.230. The van der Waals surface area contributed by atoms with Crippen molar-refractivity contribution >= 4 is 17.5 Å². The molecule has 1 aliphatic rings. The van der Waals surface area contributed by atoms with Crippen LogP contribution in [0.3, 0.4) is 0 Å². The van der Waals surface area contributed by atoms with Gasteiger partial charge in [0.15, 0.2) is 6.23 Å². The Morgan fingerprint density at radius 2 is 2.10 bits per heavy atom. The van der Waals surface area contributed by atoms with E-state index in [0.717, 1.165) is 24.9 Å². The van der Waals surface area contributed by atoms with E-state index in [4.69, 9.17) is 4.74 Å². The van der Waals surface area contributed by atoms with Crippen molar-refractivity contribution < 1.29 is 14.3 Å². The summed E-state index contributed by atoms with van der Waals surface area (Å²) >= 11 is 0. The quantitative estimate of drug-likeness (QED) is 0.759. The third-order valence-electron chi connectivity index (χ3n) is 3.53. The van der Waals surface area contributed by atoms with Crippen molar-refractivity contribution in [2.75, 3.05) is 5.32 Å². The van der Waals surface area contributed by atoms with E-state index in [1.807, 2.05) is 6.92 Å². The minimum Gasteiger partial charge on any atom is -0.470 e. The number of carbonyl (C=O) groups is 2. The number of benzene rings is 1. The van der Waals surface area contributed by atoms with Crippen molar-refractivity contribution in [3.05, 3.63) is 24.3 Å². The van der Waals surface area contributed by atoms with E-state index in [0.29, 0.717) is 12.2 Å². The molecule has 0 aliphatic carbocycles. The number of unbranched alkanes of at least 4 members (excludes halogenated alkanes) is 1. The number of amides is 2. The molecule has 0 bridgehead atoms. The normalized spacial score (nSPS) is 18.4. The Balaban J connectivity index is 1.81. The average molecular weight is 290 g/mol. The molecule has 2 rings (SSSR count). The summed E-state index contributed by atoms with van der Waals surface area (Å²) in [4.78, 5) is 22.8. The zero-order valence-corrected chi connectivity index (χ0v) is 12.5. The second kappa shape index (κ2) is 7.11. The molecule has 5 nitrogen and oxygen atoms in total. The van der Waals surface area contributed by atoms with Crippen LogP contribution in [0.2, 0.25) is 0 Å². The lowest BCUT2D eigenvalue weighted by Crippen LogP contribution is -2.51. The van der Waals surface area contributed by atoms with Crippen LogP contribution < -0.4 is 15.4 Å². The van der Waals surface area contributed by atoms with E-state index in [1.165, 1.54) is 0 Å². The second-order valence-corrected chi connectivity index (χ2v) is 5.44. The van der Waals surface area contributed by atoms with Gasteiger partial charge in [0, 0.05) is 11.6 Å². The highest BCUT2D eigenvalue weighted by Gasteiger charge is 2.26. The summed E-state index contributed by atoms with van der Waals surface area (Å²) in [5.74, 6) is 0.747. The maximum Gasteiger partial charge on any atom is 0.228 e. The van der Waals surface area contributed by atoms with Gasteiger partial charge < -0.3 is 15.4 Å². The topological polar surface area (TPSA) is 67.4 Å². The fourth-order valence-corrected chi connectivity index (χ4v) is 2.09. The lowest BCUT2D eigenvalue weighted by atomic mass is 10.0. The van der Waals surface area contributed by atoms with Gasteiger partial charge in [-0.1, -0.05) is 26.7 Å². The molecule has 2 atom stereocenters. The number of hydrogen-bond acceptors (Lipinski definition) is 3. The van der Waals surface area contributed by atoms with Gasteiger partial charge in [0.1, 0.15) is 5.75 Å². The second-order valence-electron chi connectivity index (χ2n) is 5.44. The molecule has 0 spiro atoms. The molecule has 0 saturated carbocycles. The number of anilines is 1. The van der Waals surface area contributed by atoms with Gasteiger partial charge in [0.05, 0.1) is 6.42 Å². The highest BCUT2D eigenvalue weighted by Crippen LogP contribution is 2.20. The first-order chi connectivity index (χ1) is 10.1. The SMILES string of the molecule is CCCC[C@H](C)C(=O)Nc1ccc(O[C@H]2CC(=O)N2)cc1. The predicted molar refractivity (Wildman–Crippen MR) is 80.9 cm³/mol. The highest BCUT2D eigenvalue weighted by molar-refractivity contribution is 5.92. The van der Waals surface area contributed by atoms with Crippen LogP contribution in [0.1, 0.15) is 39.5 Å². The van der Waals surface area contributed by atoms with E-state index in [-0.39, 0.29) is 24.0 Å². The van der Waals surface area contributed by atoms with Crippen LogP contribution in [0.15, 0.2) is 24.3 Å². The Bertz CT molecular complexity index is 491. The summed E-state index contributed by atoms with van der Waals surface area (Å²) < 4.78 is 5.54. The number of rotatable bonds is 7. The first-order valence-corrected chi connectivity index (χ1v) is 7.45. The Morgan fingerprint density at radius 1 is 1.43 bits per heavy atom. The molecule has 1 aromatic carbocycles. The molecule has 1 fully saturated rings. The fourth-order valence-electron chi connectivity index (χ4n) is 2.09. The summed E-state index contributed by atoms with van der Waals surface area (Å²) in [5.41, 5.74) is 0.758. The molecule has 114 valence electrons. The van der Waals surface area contributed by atoms with E-state index >= 15 is 0 Å². The molecule has 1 aromatic rings. The van der Waals surface area contributed by atoms with Crippen LogP contribution in [0.5, 0.6) is 5.75 Å². The Hall–Kier alpha value is -2.04. The van der Waals surface area contributed by atoms with Gasteiger partial charge in [0.2, 0.25) is 11.8 Å². The molecule has 0 radical (unpaired) electrons. The van der Waals surface area contributed by atoms with Crippen LogP contribution in [-0.2, 0) is 9.59 Å². The molecule has 2 amide bonds. The van der Waals surface area contributed by atoms with Gasteiger partial charge in [-0.2, -0.15) is 0 Å². The zero-order valence-electron chi connectivity index (χ0n) is 12.5. The third kappa shape index (κ3) is 4.48. The number of ether oxygens (including phenoxy) is 1. The largest absolute Gasteiger partial charge is 0.470 e. The van der Waals surface area contributed by atoms with Gasteiger partial charge >= 0.3 is 0 Å². The molecule has 1 aliphatic heterocycles. The predicted octanol–water partition coefficient (Wildman–Crippen LogP) is 2.68. The van der Waals surface area contributed by atoms with E-state index < -0.39 is 0 Å². The molecular formula is C16H22N2O3. The van der Waals surface area contributed by atoms with Crippen LogP contribution in [-0.4, -0.2) is 18.0 Å². The summed E-state index contributed by atoms with van der Waals surface area (Å²) in [6, 6.07) is 7.19. The smallest absolute Gasteiger partial charge is 0.228 e. The Kier molecular flexibility index (Phi) is 5.20. The van der Waals surface area contributed by atoms with E-state index in [9.17, 15) is 9.59 Å². The summed E-state index contributed by atoms with van der Waals surface area (Å²) in [5, 5.41) is 5.54. The lowest BCUT2D eigenvalue weighted by Gasteiger charge is -2.27. The van der Waals surface area contributed by atoms with Gasteiger partial charge in [-0.3, -0.25) is 9.59 Å². The maximum atomic E-state index is 12.0. The van der Waals surface area contributed by atoms with Gasteiger partial charge in [-0.05, 0) is 30.7 Å². The monoisotopic (exact) mass is 290 g/mol. The lowest BCUT2D eigenvalue weighted by molar-refractivity contribution is -0.134. The molecule has 0 aromatic heterocycles. The Morgan fingerprint density at radius 3 is 2.67 bits per heavy atom. The van der Waals surface area contributed by atoms with Crippen molar-refractivity contribution in [2.45, 2.75) is 45.8 Å². The van der Waals surface area contributed by atoms with Gasteiger partial charge in [-0.25, -0.2) is 0 Å². The summed E-state index contributed by atoms with van der Waals surface area (Å²) in [6.45, 7) is 4.07. The molecule has 21 heavy (non-hydrogen) atoms. The summed E-state index contributed by atoms with van der Waals surface area (Å²) in [7, 11) is 0.